The summed E-state index contributed by atoms with van der Waals surface area (Å²) >= 11 is 0. The number of benzene rings is 1. The number of hydrogen-bond donors (Lipinski definition) is 1. The van der Waals surface area contributed by atoms with Crippen molar-refractivity contribution in [3.63, 3.8) is 0 Å². The van der Waals surface area contributed by atoms with Gasteiger partial charge in [0.15, 0.2) is 0 Å². The van der Waals surface area contributed by atoms with Crippen LogP contribution in [0.25, 0.3) is 11.0 Å². The van der Waals surface area contributed by atoms with Crippen LogP contribution in [0.5, 0.6) is 0 Å². The van der Waals surface area contributed by atoms with Crippen molar-refractivity contribution in [2.24, 2.45) is 5.92 Å². The van der Waals surface area contributed by atoms with Gasteiger partial charge in [-0.05, 0) is 30.0 Å². The molecule has 1 saturated heterocycles. The zero-order valence-electron chi connectivity index (χ0n) is 15.9. The molecule has 0 bridgehead atoms. The molecule has 2 atom stereocenters. The predicted molar refractivity (Wildman–Crippen MR) is 109 cm³/mol. The van der Waals surface area contributed by atoms with E-state index in [0.29, 0.717) is 18.4 Å². The average Bonchev–Trinajstić information content (AvgIpc) is 3.17. The fourth-order valence-electron chi connectivity index (χ4n) is 4.09. The molecule has 1 amide bonds. The van der Waals surface area contributed by atoms with Gasteiger partial charge in [-0.2, -0.15) is 0 Å². The number of carbonyl (C=O) groups is 1. The molecule has 27 heavy (non-hydrogen) atoms. The van der Waals surface area contributed by atoms with Crippen LogP contribution < -0.4 is 4.90 Å². The van der Waals surface area contributed by atoms with Gasteiger partial charge >= 0.3 is 0 Å². The summed E-state index contributed by atoms with van der Waals surface area (Å²) in [6.45, 7) is 3.89. The number of nitrogens with one attached hydrogen (secondary N) is 1. The van der Waals surface area contributed by atoms with Gasteiger partial charge in [0.05, 0.1) is 6.42 Å². The first kappa shape index (κ1) is 17.6. The number of aromatic nitrogens is 2. The van der Waals surface area contributed by atoms with Crippen LogP contribution in [0.15, 0.2) is 54.9 Å². The predicted octanol–water partition coefficient (Wildman–Crippen LogP) is 3.48. The Hall–Kier alpha value is -2.82. The van der Waals surface area contributed by atoms with Gasteiger partial charge in [0.2, 0.25) is 5.91 Å². The number of H-pyrrole nitrogens is 1. The van der Waals surface area contributed by atoms with E-state index < -0.39 is 0 Å². The minimum absolute atomic E-state index is 0.216. The molecule has 1 aromatic carbocycles. The lowest BCUT2D eigenvalue weighted by atomic mass is 9.91. The van der Waals surface area contributed by atoms with Gasteiger partial charge in [0.25, 0.3) is 0 Å². The van der Waals surface area contributed by atoms with E-state index in [9.17, 15) is 4.79 Å². The maximum atomic E-state index is 12.8. The molecule has 0 radical (unpaired) electrons. The Labute approximate surface area is 160 Å². The number of anilines is 1. The normalized spacial score (nSPS) is 20.0. The summed E-state index contributed by atoms with van der Waals surface area (Å²) in [6, 6.07) is 14.4. The first-order chi connectivity index (χ1) is 13.1. The molecule has 0 saturated carbocycles. The van der Waals surface area contributed by atoms with Crippen LogP contribution in [-0.4, -0.2) is 47.0 Å². The molecule has 1 aliphatic heterocycles. The van der Waals surface area contributed by atoms with Crippen molar-refractivity contribution in [2.45, 2.75) is 25.8 Å². The van der Waals surface area contributed by atoms with Gasteiger partial charge in [-0.1, -0.05) is 37.3 Å². The third-order valence-corrected chi connectivity index (χ3v) is 5.78. The largest absolute Gasteiger partial charge is 0.369 e. The van der Waals surface area contributed by atoms with E-state index in [-0.39, 0.29) is 5.91 Å². The number of nitrogens with zero attached hydrogens (tertiary/aromatic N) is 3. The van der Waals surface area contributed by atoms with Gasteiger partial charge in [0, 0.05) is 49.6 Å². The minimum atomic E-state index is 0.216. The Bertz CT molecular complexity index is 920. The second-order valence-corrected chi connectivity index (χ2v) is 7.52. The van der Waals surface area contributed by atoms with Crippen LogP contribution in [0.2, 0.25) is 0 Å². The Balaban J connectivity index is 1.52. The summed E-state index contributed by atoms with van der Waals surface area (Å²) in [7, 11) is 2.13. The van der Waals surface area contributed by atoms with E-state index in [0.717, 1.165) is 41.8 Å². The molecule has 0 aliphatic carbocycles. The van der Waals surface area contributed by atoms with Crippen LogP contribution in [0.4, 0.5) is 5.69 Å². The van der Waals surface area contributed by atoms with Crippen LogP contribution in [0, 0.1) is 5.92 Å². The quantitative estimate of drug-likeness (QED) is 0.773. The fourth-order valence-corrected chi connectivity index (χ4v) is 4.09. The summed E-state index contributed by atoms with van der Waals surface area (Å²) in [5, 5.41) is 1.12. The standard InChI is InChI=1S/C22H26N4O/c1-16-10-13-26(21(27)14-17-6-4-3-5-7-17)15-20(16)25(2)19-9-12-24-22-18(19)8-11-23-22/h3-9,11-12,16,20H,10,13-15H2,1-2H3,(H,23,24)/t16-,20?/m1/s1. The van der Waals surface area contributed by atoms with Crippen molar-refractivity contribution < 1.29 is 4.79 Å². The molecule has 3 aromatic rings. The van der Waals surface area contributed by atoms with Gasteiger partial charge < -0.3 is 14.8 Å². The molecular weight excluding hydrogens is 336 g/mol. The summed E-state index contributed by atoms with van der Waals surface area (Å²) in [4.78, 5) is 24.8. The number of likely N-dealkylation sites (tertiary alicyclic amines) is 1. The molecule has 1 fully saturated rings. The number of pyridine rings is 1. The molecule has 1 N–H and O–H groups in total. The van der Waals surface area contributed by atoms with Gasteiger partial charge in [-0.3, -0.25) is 4.79 Å². The monoisotopic (exact) mass is 362 g/mol. The summed E-state index contributed by atoms with van der Waals surface area (Å²) in [6.07, 6.45) is 5.27. The number of likely N-dealkylation sites (N-methyl/N-ethyl adjacent to an activating group) is 1. The highest BCUT2D eigenvalue weighted by molar-refractivity contribution is 5.89. The second kappa shape index (κ2) is 7.43. The number of fused-ring (bicyclic) bond motifs is 1. The number of carbonyl (C=O) groups excluding carboxylic acids is 1. The minimum Gasteiger partial charge on any atom is -0.369 e. The maximum Gasteiger partial charge on any atom is 0.227 e. The number of hydrogen-bond acceptors (Lipinski definition) is 3. The van der Waals surface area contributed by atoms with E-state index >= 15 is 0 Å². The van der Waals surface area contributed by atoms with Crippen LogP contribution >= 0.6 is 0 Å². The smallest absolute Gasteiger partial charge is 0.227 e. The van der Waals surface area contributed by atoms with Gasteiger partial charge in [-0.15, -0.1) is 0 Å². The van der Waals surface area contributed by atoms with E-state index in [4.69, 9.17) is 0 Å². The number of amides is 1. The molecule has 1 unspecified atom stereocenters. The topological polar surface area (TPSA) is 52.2 Å². The molecule has 5 nitrogen and oxygen atoms in total. The lowest BCUT2D eigenvalue weighted by Crippen LogP contribution is -2.53. The van der Waals surface area contributed by atoms with Crippen LogP contribution in [0.3, 0.4) is 0 Å². The molecule has 3 heterocycles. The molecule has 0 spiro atoms. The molecule has 4 rings (SSSR count). The fraction of sp³-hybridized carbons (Fsp3) is 0.364. The Kier molecular flexibility index (Phi) is 4.84. The molecule has 2 aromatic heterocycles. The van der Waals surface area contributed by atoms with E-state index in [2.05, 4.69) is 41.0 Å². The third-order valence-electron chi connectivity index (χ3n) is 5.78. The summed E-state index contributed by atoms with van der Waals surface area (Å²) in [5.41, 5.74) is 3.14. The number of piperidine rings is 1. The van der Waals surface area contributed by atoms with Crippen molar-refractivity contribution in [3.05, 3.63) is 60.4 Å². The second-order valence-electron chi connectivity index (χ2n) is 7.52. The zero-order valence-corrected chi connectivity index (χ0v) is 15.9. The van der Waals surface area contributed by atoms with E-state index in [1.165, 1.54) is 0 Å². The SMILES string of the molecule is C[C@@H]1CCN(C(=O)Cc2ccccc2)CC1N(C)c1ccnc2[nH]ccc12. The van der Waals surface area contributed by atoms with Crippen molar-refractivity contribution in [1.82, 2.24) is 14.9 Å². The van der Waals surface area contributed by atoms with Crippen LogP contribution in [0.1, 0.15) is 18.9 Å². The Morgan fingerprint density at radius 2 is 2.07 bits per heavy atom. The zero-order chi connectivity index (χ0) is 18.8. The van der Waals surface area contributed by atoms with E-state index in [1.54, 1.807) is 0 Å². The highest BCUT2D eigenvalue weighted by Crippen LogP contribution is 2.30. The third kappa shape index (κ3) is 3.54. The van der Waals surface area contributed by atoms with E-state index in [1.807, 2.05) is 47.6 Å². The van der Waals surface area contributed by atoms with Crippen molar-refractivity contribution in [2.75, 3.05) is 25.0 Å². The number of aromatic amines is 1. The van der Waals surface area contributed by atoms with Crippen molar-refractivity contribution >= 4 is 22.6 Å². The highest BCUT2D eigenvalue weighted by atomic mass is 16.2. The molecule has 5 heteroatoms. The molecule has 1 aliphatic rings. The molecular formula is C22H26N4O. The highest BCUT2D eigenvalue weighted by Gasteiger charge is 2.32. The van der Waals surface area contributed by atoms with Crippen molar-refractivity contribution in [1.29, 1.82) is 0 Å². The lowest BCUT2D eigenvalue weighted by molar-refractivity contribution is -0.132. The Morgan fingerprint density at radius 3 is 2.89 bits per heavy atom. The van der Waals surface area contributed by atoms with Gasteiger partial charge in [-0.25, -0.2) is 4.98 Å². The van der Waals surface area contributed by atoms with Crippen LogP contribution in [-0.2, 0) is 11.2 Å². The summed E-state index contributed by atoms with van der Waals surface area (Å²) in [5.74, 6) is 0.742. The average molecular weight is 362 g/mol. The molecule has 140 valence electrons. The Morgan fingerprint density at radius 1 is 1.26 bits per heavy atom. The first-order valence-corrected chi connectivity index (χ1v) is 9.60. The van der Waals surface area contributed by atoms with Gasteiger partial charge in [0.1, 0.15) is 5.65 Å². The van der Waals surface area contributed by atoms with Crippen molar-refractivity contribution in [3.8, 4) is 0 Å². The number of rotatable bonds is 4. The first-order valence-electron chi connectivity index (χ1n) is 9.60. The lowest BCUT2D eigenvalue weighted by Gasteiger charge is -2.42. The maximum absolute atomic E-state index is 12.8. The summed E-state index contributed by atoms with van der Waals surface area (Å²) < 4.78 is 0.